The van der Waals surface area contributed by atoms with Crippen molar-refractivity contribution in [2.75, 3.05) is 6.26 Å². The lowest BCUT2D eigenvalue weighted by molar-refractivity contribution is 0.0693. The summed E-state index contributed by atoms with van der Waals surface area (Å²) in [5, 5.41) is 9.11. The van der Waals surface area contributed by atoms with E-state index in [9.17, 15) is 9.18 Å². The summed E-state index contributed by atoms with van der Waals surface area (Å²) in [4.78, 5) is 15.9. The molecular formula is C13H10FNO2S. The lowest BCUT2D eigenvalue weighted by atomic mass is 10.1. The first-order valence-corrected chi connectivity index (χ1v) is 6.38. The first-order chi connectivity index (χ1) is 8.63. The minimum atomic E-state index is -0.995. The van der Waals surface area contributed by atoms with Gasteiger partial charge in [0.15, 0.2) is 0 Å². The van der Waals surface area contributed by atoms with Crippen LogP contribution in [0.5, 0.6) is 0 Å². The zero-order chi connectivity index (χ0) is 13.1. The van der Waals surface area contributed by atoms with E-state index in [-0.39, 0.29) is 11.4 Å². The van der Waals surface area contributed by atoms with Crippen molar-refractivity contribution < 1.29 is 14.3 Å². The van der Waals surface area contributed by atoms with Gasteiger partial charge in [0, 0.05) is 16.7 Å². The molecule has 2 rings (SSSR count). The Morgan fingerprint density at radius 1 is 1.28 bits per heavy atom. The topological polar surface area (TPSA) is 50.2 Å². The Labute approximate surface area is 108 Å². The Morgan fingerprint density at radius 3 is 2.50 bits per heavy atom. The maximum atomic E-state index is 12.9. The number of carboxylic acids is 1. The Hall–Kier alpha value is -1.88. The second-order valence-electron chi connectivity index (χ2n) is 3.55. The van der Waals surface area contributed by atoms with E-state index in [1.54, 1.807) is 18.4 Å². The number of aromatic carboxylic acids is 1. The van der Waals surface area contributed by atoms with E-state index in [1.165, 1.54) is 36.2 Å². The largest absolute Gasteiger partial charge is 0.478 e. The average molecular weight is 263 g/mol. The van der Waals surface area contributed by atoms with Gasteiger partial charge in [0.2, 0.25) is 0 Å². The summed E-state index contributed by atoms with van der Waals surface area (Å²) < 4.78 is 12.9. The summed E-state index contributed by atoms with van der Waals surface area (Å²) in [5.41, 5.74) is 1.46. The van der Waals surface area contributed by atoms with E-state index in [4.69, 9.17) is 5.11 Å². The molecule has 0 amide bonds. The lowest BCUT2D eigenvalue weighted by Crippen LogP contribution is -2.01. The third kappa shape index (κ3) is 2.36. The number of carboxylic acid groups (broad SMARTS) is 1. The minimum absolute atomic E-state index is 0.205. The van der Waals surface area contributed by atoms with Crippen LogP contribution >= 0.6 is 11.8 Å². The molecular weight excluding hydrogens is 253 g/mol. The predicted octanol–water partition coefficient (Wildman–Crippen LogP) is 3.31. The number of hydrogen-bond donors (Lipinski definition) is 1. The number of carbonyl (C=O) groups is 1. The molecule has 92 valence electrons. The third-order valence-corrected chi connectivity index (χ3v) is 3.28. The van der Waals surface area contributed by atoms with Crippen molar-refractivity contribution in [3.05, 3.63) is 47.9 Å². The smallest absolute Gasteiger partial charge is 0.336 e. The van der Waals surface area contributed by atoms with Crippen molar-refractivity contribution in [1.29, 1.82) is 0 Å². The molecule has 0 aliphatic carbocycles. The van der Waals surface area contributed by atoms with Crippen LogP contribution in [0.15, 0.2) is 41.4 Å². The van der Waals surface area contributed by atoms with Crippen LogP contribution in [0.2, 0.25) is 0 Å². The molecule has 5 heteroatoms. The molecule has 0 aliphatic rings. The summed E-state index contributed by atoms with van der Waals surface area (Å²) in [6, 6.07) is 7.29. The average Bonchev–Trinajstić information content (AvgIpc) is 2.38. The van der Waals surface area contributed by atoms with Crippen LogP contribution in [0.25, 0.3) is 11.3 Å². The molecule has 0 atom stereocenters. The van der Waals surface area contributed by atoms with E-state index >= 15 is 0 Å². The molecule has 0 unspecified atom stereocenters. The molecule has 0 fully saturated rings. The highest BCUT2D eigenvalue weighted by Crippen LogP contribution is 2.31. The number of halogens is 1. The van der Waals surface area contributed by atoms with Gasteiger partial charge in [0.1, 0.15) is 5.82 Å². The molecule has 1 heterocycles. The molecule has 0 spiro atoms. The number of aromatic nitrogens is 1. The summed E-state index contributed by atoms with van der Waals surface area (Å²) in [6.07, 6.45) is 3.23. The first-order valence-electron chi connectivity index (χ1n) is 5.15. The zero-order valence-corrected chi connectivity index (χ0v) is 10.4. The summed E-state index contributed by atoms with van der Waals surface area (Å²) >= 11 is 1.31. The van der Waals surface area contributed by atoms with Crippen molar-refractivity contribution in [2.24, 2.45) is 0 Å². The van der Waals surface area contributed by atoms with Crippen LogP contribution in [0.4, 0.5) is 4.39 Å². The molecule has 0 saturated carbocycles. The quantitative estimate of drug-likeness (QED) is 0.863. The Balaban J connectivity index is 2.60. The van der Waals surface area contributed by atoms with Crippen LogP contribution in [0.1, 0.15) is 10.4 Å². The van der Waals surface area contributed by atoms with Crippen molar-refractivity contribution in [3.63, 3.8) is 0 Å². The van der Waals surface area contributed by atoms with Gasteiger partial charge in [-0.1, -0.05) is 0 Å². The fourth-order valence-electron chi connectivity index (χ4n) is 1.64. The highest BCUT2D eigenvalue weighted by molar-refractivity contribution is 7.98. The molecule has 0 saturated heterocycles. The highest BCUT2D eigenvalue weighted by Gasteiger charge is 2.15. The predicted molar refractivity (Wildman–Crippen MR) is 68.4 cm³/mol. The summed E-state index contributed by atoms with van der Waals surface area (Å²) in [7, 11) is 0. The van der Waals surface area contributed by atoms with Gasteiger partial charge in [-0.2, -0.15) is 0 Å². The first kappa shape index (κ1) is 12.6. The zero-order valence-electron chi connectivity index (χ0n) is 9.55. The van der Waals surface area contributed by atoms with Gasteiger partial charge in [0.05, 0.1) is 11.3 Å². The number of benzene rings is 1. The van der Waals surface area contributed by atoms with E-state index in [1.807, 2.05) is 0 Å². The van der Waals surface area contributed by atoms with Gasteiger partial charge in [-0.05, 0) is 36.6 Å². The van der Waals surface area contributed by atoms with Crippen molar-refractivity contribution in [3.8, 4) is 11.3 Å². The molecule has 0 bridgehead atoms. The fraction of sp³-hybridized carbons (Fsp3) is 0.0769. The molecule has 0 radical (unpaired) electrons. The Kier molecular flexibility index (Phi) is 3.62. The van der Waals surface area contributed by atoms with Gasteiger partial charge in [-0.3, -0.25) is 4.98 Å². The second-order valence-corrected chi connectivity index (χ2v) is 4.37. The Bertz CT molecular complexity index is 584. The van der Waals surface area contributed by atoms with E-state index < -0.39 is 5.97 Å². The van der Waals surface area contributed by atoms with E-state index in [0.717, 1.165) is 0 Å². The van der Waals surface area contributed by atoms with Gasteiger partial charge in [0.25, 0.3) is 0 Å². The number of thioether (sulfide) groups is 1. The van der Waals surface area contributed by atoms with E-state index in [0.29, 0.717) is 16.2 Å². The van der Waals surface area contributed by atoms with Crippen molar-refractivity contribution >= 4 is 17.7 Å². The molecule has 1 aromatic carbocycles. The maximum absolute atomic E-state index is 12.9. The summed E-state index contributed by atoms with van der Waals surface area (Å²) in [5.74, 6) is -1.33. The molecule has 18 heavy (non-hydrogen) atoms. The monoisotopic (exact) mass is 263 g/mol. The number of nitrogens with zero attached hydrogens (tertiary/aromatic N) is 1. The highest BCUT2D eigenvalue weighted by atomic mass is 32.2. The number of pyridine rings is 1. The number of rotatable bonds is 3. The van der Waals surface area contributed by atoms with Crippen molar-refractivity contribution in [1.82, 2.24) is 4.98 Å². The van der Waals surface area contributed by atoms with Gasteiger partial charge < -0.3 is 5.11 Å². The van der Waals surface area contributed by atoms with Crippen LogP contribution in [0.3, 0.4) is 0 Å². The fourth-order valence-corrected chi connectivity index (χ4v) is 2.38. The molecule has 1 N–H and O–H groups in total. The van der Waals surface area contributed by atoms with E-state index in [2.05, 4.69) is 4.98 Å². The van der Waals surface area contributed by atoms with Crippen LogP contribution in [-0.4, -0.2) is 22.3 Å². The van der Waals surface area contributed by atoms with Crippen LogP contribution < -0.4 is 0 Å². The SMILES string of the molecule is CSc1c(C(=O)O)ccnc1-c1ccc(F)cc1. The molecule has 3 nitrogen and oxygen atoms in total. The Morgan fingerprint density at radius 2 is 1.94 bits per heavy atom. The number of hydrogen-bond acceptors (Lipinski definition) is 3. The van der Waals surface area contributed by atoms with Crippen molar-refractivity contribution in [2.45, 2.75) is 4.90 Å². The normalized spacial score (nSPS) is 10.3. The molecule has 2 aromatic rings. The van der Waals surface area contributed by atoms with Crippen LogP contribution in [-0.2, 0) is 0 Å². The molecule has 1 aromatic heterocycles. The van der Waals surface area contributed by atoms with Gasteiger partial charge >= 0.3 is 5.97 Å². The summed E-state index contributed by atoms with van der Waals surface area (Å²) in [6.45, 7) is 0. The van der Waals surface area contributed by atoms with Crippen LogP contribution in [0, 0.1) is 5.82 Å². The molecule has 0 aliphatic heterocycles. The standard InChI is InChI=1S/C13H10FNO2S/c1-18-12-10(13(16)17)6-7-15-11(12)8-2-4-9(14)5-3-8/h2-7H,1H3,(H,16,17). The minimum Gasteiger partial charge on any atom is -0.478 e. The van der Waals surface area contributed by atoms with Gasteiger partial charge in [-0.15, -0.1) is 11.8 Å². The second kappa shape index (κ2) is 5.18. The van der Waals surface area contributed by atoms with Gasteiger partial charge in [-0.25, -0.2) is 9.18 Å². The third-order valence-electron chi connectivity index (χ3n) is 2.46. The lowest BCUT2D eigenvalue weighted by Gasteiger charge is -2.09. The maximum Gasteiger partial charge on any atom is 0.336 e.